The van der Waals surface area contributed by atoms with Crippen molar-refractivity contribution in [3.05, 3.63) is 53.1 Å². The van der Waals surface area contributed by atoms with Crippen LogP contribution in [0.4, 0.5) is 0 Å². The Labute approximate surface area is 193 Å². The number of likely N-dealkylation sites (tertiary alicyclic amines) is 1. The minimum atomic E-state index is -0.531. The molecule has 0 N–H and O–H groups in total. The van der Waals surface area contributed by atoms with Crippen molar-refractivity contribution < 1.29 is 28.5 Å². The van der Waals surface area contributed by atoms with Crippen LogP contribution in [0.5, 0.6) is 23.0 Å². The van der Waals surface area contributed by atoms with Crippen LogP contribution in [0.2, 0.25) is 0 Å². The Balaban J connectivity index is 1.43. The number of Topliss-reactive ketones (excluding diaryl/α,β-unsaturated/α-hetero) is 1. The van der Waals surface area contributed by atoms with Gasteiger partial charge in [-0.3, -0.25) is 9.59 Å². The van der Waals surface area contributed by atoms with Crippen LogP contribution in [0.15, 0.2) is 36.4 Å². The quantitative estimate of drug-likeness (QED) is 0.639. The highest BCUT2D eigenvalue weighted by molar-refractivity contribution is 6.00. The standard InChI is InChI=1S/C26H29NO6/c1-17-5-7-21-19(13-17)20(28)16-26(33-21)9-11-27(12-10-26)24(29)8-6-18-14-22(30-2)25(32-4)23(15-18)31-3/h5-8,13-15H,9-12,16H2,1-4H3/b8-6+. The number of rotatable bonds is 5. The van der Waals surface area contributed by atoms with E-state index in [0.29, 0.717) is 60.9 Å². The van der Waals surface area contributed by atoms with Crippen LogP contribution in [0.1, 0.15) is 40.7 Å². The lowest BCUT2D eigenvalue weighted by Crippen LogP contribution is -2.52. The van der Waals surface area contributed by atoms with Gasteiger partial charge in [0.05, 0.1) is 33.3 Å². The molecule has 2 heterocycles. The van der Waals surface area contributed by atoms with E-state index in [1.807, 2.05) is 25.1 Å². The van der Waals surface area contributed by atoms with E-state index >= 15 is 0 Å². The molecule has 0 unspecified atom stereocenters. The van der Waals surface area contributed by atoms with E-state index in [-0.39, 0.29) is 11.7 Å². The Morgan fingerprint density at radius 2 is 1.70 bits per heavy atom. The van der Waals surface area contributed by atoms with Crippen LogP contribution in [0, 0.1) is 6.92 Å². The molecular weight excluding hydrogens is 422 g/mol. The summed E-state index contributed by atoms with van der Waals surface area (Å²) in [6.07, 6.45) is 4.87. The number of carbonyl (C=O) groups is 2. The third-order valence-corrected chi connectivity index (χ3v) is 6.34. The minimum Gasteiger partial charge on any atom is -0.493 e. The number of amides is 1. The van der Waals surface area contributed by atoms with Gasteiger partial charge in [0.15, 0.2) is 17.3 Å². The van der Waals surface area contributed by atoms with Crippen LogP contribution >= 0.6 is 0 Å². The summed E-state index contributed by atoms with van der Waals surface area (Å²) in [6.45, 7) is 3.04. The Morgan fingerprint density at radius 3 is 2.30 bits per heavy atom. The van der Waals surface area contributed by atoms with Crippen molar-refractivity contribution in [2.75, 3.05) is 34.4 Å². The Hall–Kier alpha value is -3.48. The van der Waals surface area contributed by atoms with Gasteiger partial charge >= 0.3 is 0 Å². The lowest BCUT2D eigenvalue weighted by Gasteiger charge is -2.43. The number of hydrogen-bond acceptors (Lipinski definition) is 6. The molecule has 1 fully saturated rings. The summed E-state index contributed by atoms with van der Waals surface area (Å²) in [7, 11) is 4.65. The van der Waals surface area contributed by atoms with Crippen LogP contribution in [-0.2, 0) is 4.79 Å². The zero-order valence-corrected chi connectivity index (χ0v) is 19.5. The van der Waals surface area contributed by atoms with Gasteiger partial charge in [0.1, 0.15) is 11.4 Å². The van der Waals surface area contributed by atoms with Gasteiger partial charge in [-0.05, 0) is 42.8 Å². The molecule has 2 aromatic rings. The lowest BCUT2D eigenvalue weighted by atomic mass is 9.82. The molecule has 7 nitrogen and oxygen atoms in total. The van der Waals surface area contributed by atoms with Crippen LogP contribution < -0.4 is 18.9 Å². The molecule has 1 spiro atoms. The van der Waals surface area contributed by atoms with E-state index < -0.39 is 5.60 Å². The molecular formula is C26H29NO6. The van der Waals surface area contributed by atoms with Gasteiger partial charge < -0.3 is 23.8 Å². The van der Waals surface area contributed by atoms with E-state index in [0.717, 1.165) is 11.1 Å². The van der Waals surface area contributed by atoms with Gasteiger partial charge in [0.25, 0.3) is 0 Å². The maximum Gasteiger partial charge on any atom is 0.246 e. The highest BCUT2D eigenvalue weighted by Gasteiger charge is 2.43. The first-order valence-electron chi connectivity index (χ1n) is 11.0. The van der Waals surface area contributed by atoms with E-state index in [9.17, 15) is 9.59 Å². The van der Waals surface area contributed by atoms with E-state index in [4.69, 9.17) is 18.9 Å². The highest BCUT2D eigenvalue weighted by Crippen LogP contribution is 2.40. The minimum absolute atomic E-state index is 0.0863. The fraction of sp³-hybridized carbons (Fsp3) is 0.385. The van der Waals surface area contributed by atoms with E-state index in [1.54, 1.807) is 50.5 Å². The number of ether oxygens (including phenoxy) is 4. The molecule has 7 heteroatoms. The summed E-state index contributed by atoms with van der Waals surface area (Å²) in [5.74, 6) is 2.23. The van der Waals surface area contributed by atoms with Crippen molar-refractivity contribution in [1.29, 1.82) is 0 Å². The fourth-order valence-electron chi connectivity index (χ4n) is 4.49. The second-order valence-corrected chi connectivity index (χ2v) is 8.50. The van der Waals surface area contributed by atoms with Gasteiger partial charge in [-0.2, -0.15) is 0 Å². The Kier molecular flexibility index (Phi) is 6.31. The number of piperidine rings is 1. The molecule has 0 saturated carbocycles. The summed E-state index contributed by atoms with van der Waals surface area (Å²) in [6, 6.07) is 9.30. The molecule has 0 atom stereocenters. The van der Waals surface area contributed by atoms with Gasteiger partial charge in [0, 0.05) is 32.0 Å². The summed E-state index contributed by atoms with van der Waals surface area (Å²) in [5, 5.41) is 0. The SMILES string of the molecule is COc1cc(/C=C/C(=O)N2CCC3(CC2)CC(=O)c2cc(C)ccc2O3)cc(OC)c1OC. The predicted molar refractivity (Wildman–Crippen MR) is 124 cm³/mol. The van der Waals surface area contributed by atoms with Crippen LogP contribution in [0.25, 0.3) is 6.08 Å². The van der Waals surface area contributed by atoms with Crippen molar-refractivity contribution in [3.8, 4) is 23.0 Å². The second-order valence-electron chi connectivity index (χ2n) is 8.50. The molecule has 0 radical (unpaired) electrons. The van der Waals surface area contributed by atoms with Crippen LogP contribution in [-0.4, -0.2) is 56.6 Å². The number of nitrogens with zero attached hydrogens (tertiary/aromatic N) is 1. The number of fused-ring (bicyclic) bond motifs is 1. The van der Waals surface area contributed by atoms with Crippen molar-refractivity contribution in [2.45, 2.75) is 31.8 Å². The molecule has 33 heavy (non-hydrogen) atoms. The number of benzene rings is 2. The first-order valence-corrected chi connectivity index (χ1v) is 11.0. The fourth-order valence-corrected chi connectivity index (χ4v) is 4.49. The molecule has 174 valence electrons. The van der Waals surface area contributed by atoms with Crippen LogP contribution in [0.3, 0.4) is 0 Å². The van der Waals surface area contributed by atoms with E-state index in [2.05, 4.69) is 0 Å². The van der Waals surface area contributed by atoms with Gasteiger partial charge in [-0.25, -0.2) is 0 Å². The number of ketones is 1. The van der Waals surface area contributed by atoms with Gasteiger partial charge in [0.2, 0.25) is 11.7 Å². The summed E-state index contributed by atoms with van der Waals surface area (Å²) < 4.78 is 22.4. The smallest absolute Gasteiger partial charge is 0.246 e. The van der Waals surface area contributed by atoms with Crippen molar-refractivity contribution >= 4 is 17.8 Å². The Bertz CT molecular complexity index is 1070. The first kappa shape index (κ1) is 22.7. The molecule has 2 aliphatic heterocycles. The topological polar surface area (TPSA) is 74.3 Å². The van der Waals surface area contributed by atoms with Crippen molar-refractivity contribution in [3.63, 3.8) is 0 Å². The van der Waals surface area contributed by atoms with E-state index in [1.165, 1.54) is 0 Å². The molecule has 1 amide bonds. The Morgan fingerprint density at radius 1 is 1.03 bits per heavy atom. The number of carbonyl (C=O) groups excluding carboxylic acids is 2. The average molecular weight is 452 g/mol. The predicted octanol–water partition coefficient (Wildman–Crippen LogP) is 4.06. The van der Waals surface area contributed by atoms with Gasteiger partial charge in [-0.15, -0.1) is 0 Å². The van der Waals surface area contributed by atoms with Gasteiger partial charge in [-0.1, -0.05) is 11.6 Å². The zero-order valence-electron chi connectivity index (χ0n) is 19.5. The molecule has 0 aliphatic carbocycles. The monoisotopic (exact) mass is 451 g/mol. The van der Waals surface area contributed by atoms with Crippen molar-refractivity contribution in [1.82, 2.24) is 4.90 Å². The third kappa shape index (κ3) is 4.53. The summed E-state index contributed by atoms with van der Waals surface area (Å²) >= 11 is 0. The molecule has 0 aromatic heterocycles. The number of aryl methyl sites for hydroxylation is 1. The first-order chi connectivity index (χ1) is 15.9. The maximum absolute atomic E-state index is 12.8. The average Bonchev–Trinajstić information content (AvgIpc) is 2.82. The normalized spacial score (nSPS) is 17.0. The number of hydrogen-bond donors (Lipinski definition) is 0. The molecule has 2 aromatic carbocycles. The zero-order chi connectivity index (χ0) is 23.6. The summed E-state index contributed by atoms with van der Waals surface area (Å²) in [4.78, 5) is 27.3. The third-order valence-electron chi connectivity index (χ3n) is 6.34. The lowest BCUT2D eigenvalue weighted by molar-refractivity contribution is -0.129. The second kappa shape index (κ2) is 9.17. The molecule has 2 aliphatic rings. The maximum atomic E-state index is 12.8. The molecule has 4 rings (SSSR count). The van der Waals surface area contributed by atoms with Crippen molar-refractivity contribution in [2.24, 2.45) is 0 Å². The largest absolute Gasteiger partial charge is 0.493 e. The molecule has 0 bridgehead atoms. The molecule has 1 saturated heterocycles. The summed E-state index contributed by atoms with van der Waals surface area (Å²) in [5.41, 5.74) is 1.93. The highest BCUT2D eigenvalue weighted by atomic mass is 16.5. The number of methoxy groups -OCH3 is 3.